The smallest absolute Gasteiger partial charge is 0.258 e. The van der Waals surface area contributed by atoms with Crippen molar-refractivity contribution >= 4 is 11.7 Å². The molecule has 1 N–H and O–H groups in total. The molecule has 0 atom stereocenters. The molecule has 4 rings (SSSR count). The predicted molar refractivity (Wildman–Crippen MR) is 127 cm³/mol. The van der Waals surface area contributed by atoms with E-state index in [1.54, 1.807) is 0 Å². The van der Waals surface area contributed by atoms with Gasteiger partial charge in [0, 0.05) is 50.9 Å². The number of ether oxygens (including phenoxy) is 1. The van der Waals surface area contributed by atoms with Gasteiger partial charge in [0.25, 0.3) is 5.91 Å². The SMILES string of the molecule is CN1CCN(c2ncccc2CNC(=O)COc2ccccc2Cc2ccccc2)CC1. The van der Waals surface area contributed by atoms with Crippen LogP contribution in [0.2, 0.25) is 0 Å². The molecule has 1 aliphatic rings. The molecule has 0 spiro atoms. The molecule has 2 aromatic carbocycles. The van der Waals surface area contributed by atoms with Crippen molar-refractivity contribution < 1.29 is 9.53 Å². The molecule has 1 aliphatic heterocycles. The first-order chi connectivity index (χ1) is 15.7. The van der Waals surface area contributed by atoms with E-state index in [1.807, 2.05) is 60.8 Å². The highest BCUT2D eigenvalue weighted by Gasteiger charge is 2.18. The number of likely N-dealkylation sites (N-methyl/N-ethyl adjacent to an activating group) is 1. The lowest BCUT2D eigenvalue weighted by molar-refractivity contribution is -0.123. The predicted octanol–water partition coefficient (Wildman–Crippen LogP) is 3.12. The number of amides is 1. The van der Waals surface area contributed by atoms with Crippen LogP contribution in [-0.2, 0) is 17.8 Å². The van der Waals surface area contributed by atoms with E-state index in [4.69, 9.17) is 4.74 Å². The van der Waals surface area contributed by atoms with Gasteiger partial charge in [0.1, 0.15) is 11.6 Å². The molecule has 1 saturated heterocycles. The first-order valence-corrected chi connectivity index (χ1v) is 11.1. The average molecular weight is 431 g/mol. The zero-order chi connectivity index (χ0) is 22.2. The van der Waals surface area contributed by atoms with E-state index in [9.17, 15) is 4.79 Å². The fourth-order valence-corrected chi connectivity index (χ4v) is 3.87. The maximum Gasteiger partial charge on any atom is 0.258 e. The number of nitrogens with one attached hydrogen (secondary N) is 1. The van der Waals surface area contributed by atoms with E-state index in [0.29, 0.717) is 6.54 Å². The Bertz CT molecular complexity index is 1020. The minimum Gasteiger partial charge on any atom is -0.483 e. The van der Waals surface area contributed by atoms with Crippen molar-refractivity contribution in [3.05, 3.63) is 89.6 Å². The van der Waals surface area contributed by atoms with Crippen LogP contribution in [0.5, 0.6) is 5.75 Å². The van der Waals surface area contributed by atoms with Crippen LogP contribution >= 0.6 is 0 Å². The number of anilines is 1. The monoisotopic (exact) mass is 430 g/mol. The highest BCUT2D eigenvalue weighted by Crippen LogP contribution is 2.22. The quantitative estimate of drug-likeness (QED) is 0.595. The zero-order valence-corrected chi connectivity index (χ0v) is 18.5. The summed E-state index contributed by atoms with van der Waals surface area (Å²) >= 11 is 0. The summed E-state index contributed by atoms with van der Waals surface area (Å²) in [4.78, 5) is 21.7. The van der Waals surface area contributed by atoms with Crippen molar-refractivity contribution in [2.75, 3.05) is 44.7 Å². The van der Waals surface area contributed by atoms with Gasteiger partial charge in [-0.2, -0.15) is 0 Å². The number of hydrogen-bond acceptors (Lipinski definition) is 5. The molecule has 0 aliphatic carbocycles. The van der Waals surface area contributed by atoms with E-state index in [0.717, 1.165) is 55.3 Å². The summed E-state index contributed by atoms with van der Waals surface area (Å²) in [6.45, 7) is 4.32. The van der Waals surface area contributed by atoms with Gasteiger partial charge >= 0.3 is 0 Å². The maximum atomic E-state index is 12.5. The van der Waals surface area contributed by atoms with Gasteiger partial charge in [0.05, 0.1) is 0 Å². The maximum absolute atomic E-state index is 12.5. The lowest BCUT2D eigenvalue weighted by Crippen LogP contribution is -2.45. The largest absolute Gasteiger partial charge is 0.483 e. The van der Waals surface area contributed by atoms with Crippen LogP contribution in [0.25, 0.3) is 0 Å². The summed E-state index contributed by atoms with van der Waals surface area (Å²) in [5.41, 5.74) is 3.30. The van der Waals surface area contributed by atoms with E-state index < -0.39 is 0 Å². The molecule has 0 saturated carbocycles. The Morgan fingerprint density at radius 2 is 1.66 bits per heavy atom. The Morgan fingerprint density at radius 1 is 0.938 bits per heavy atom. The molecule has 6 heteroatoms. The van der Waals surface area contributed by atoms with Gasteiger partial charge < -0.3 is 19.9 Å². The molecule has 1 amide bonds. The summed E-state index contributed by atoms with van der Waals surface area (Å²) in [5, 5.41) is 2.99. The molecule has 32 heavy (non-hydrogen) atoms. The van der Waals surface area contributed by atoms with Gasteiger partial charge in [-0.1, -0.05) is 54.6 Å². The molecular weight excluding hydrogens is 400 g/mol. The van der Waals surface area contributed by atoms with Gasteiger partial charge in [0.15, 0.2) is 6.61 Å². The van der Waals surface area contributed by atoms with Crippen LogP contribution in [0.15, 0.2) is 72.9 Å². The molecule has 3 aromatic rings. The van der Waals surface area contributed by atoms with Crippen molar-refractivity contribution in [3.63, 3.8) is 0 Å². The first kappa shape index (κ1) is 21.8. The fourth-order valence-electron chi connectivity index (χ4n) is 3.87. The van der Waals surface area contributed by atoms with Gasteiger partial charge in [0.2, 0.25) is 0 Å². The lowest BCUT2D eigenvalue weighted by atomic mass is 10.0. The van der Waals surface area contributed by atoms with Crippen LogP contribution in [0, 0.1) is 0 Å². The Labute approximate surface area is 189 Å². The third kappa shape index (κ3) is 5.86. The van der Waals surface area contributed by atoms with Crippen LogP contribution < -0.4 is 15.0 Å². The van der Waals surface area contributed by atoms with Gasteiger partial charge in [-0.15, -0.1) is 0 Å². The number of aromatic nitrogens is 1. The van der Waals surface area contributed by atoms with Gasteiger partial charge in [-0.05, 0) is 30.3 Å². The molecule has 0 bridgehead atoms. The third-order valence-electron chi connectivity index (χ3n) is 5.72. The van der Waals surface area contributed by atoms with Crippen molar-refractivity contribution in [2.24, 2.45) is 0 Å². The van der Waals surface area contributed by atoms with Gasteiger partial charge in [-0.25, -0.2) is 4.98 Å². The second-order valence-corrected chi connectivity index (χ2v) is 8.11. The number of piperazine rings is 1. The number of benzene rings is 2. The summed E-state index contributed by atoms with van der Waals surface area (Å²) in [6.07, 6.45) is 2.58. The number of nitrogens with zero attached hydrogens (tertiary/aromatic N) is 3. The Balaban J connectivity index is 1.32. The highest BCUT2D eigenvalue weighted by atomic mass is 16.5. The van der Waals surface area contributed by atoms with Crippen molar-refractivity contribution in [1.29, 1.82) is 0 Å². The Morgan fingerprint density at radius 3 is 2.47 bits per heavy atom. The van der Waals surface area contributed by atoms with E-state index in [1.165, 1.54) is 5.56 Å². The lowest BCUT2D eigenvalue weighted by Gasteiger charge is -2.34. The summed E-state index contributed by atoms with van der Waals surface area (Å²) < 4.78 is 5.87. The van der Waals surface area contributed by atoms with E-state index in [2.05, 4.69) is 39.3 Å². The average Bonchev–Trinajstić information content (AvgIpc) is 2.83. The van der Waals surface area contributed by atoms with Gasteiger partial charge in [-0.3, -0.25) is 4.79 Å². The number of carbonyl (C=O) groups excluding carboxylic acids is 1. The second kappa shape index (κ2) is 10.8. The zero-order valence-electron chi connectivity index (χ0n) is 18.5. The molecular formula is C26H30N4O2. The van der Waals surface area contributed by atoms with E-state index in [-0.39, 0.29) is 12.5 Å². The highest BCUT2D eigenvalue weighted by molar-refractivity contribution is 5.77. The first-order valence-electron chi connectivity index (χ1n) is 11.1. The Kier molecular flexibility index (Phi) is 7.35. The standard InChI is InChI=1S/C26H30N4O2/c1-29-14-16-30(17-15-29)26-23(11-7-13-27-26)19-28-25(31)20-32-24-12-6-5-10-22(24)18-21-8-3-2-4-9-21/h2-13H,14-20H2,1H3,(H,28,31). The number of hydrogen-bond donors (Lipinski definition) is 1. The molecule has 1 aromatic heterocycles. The normalized spacial score (nSPS) is 14.2. The molecule has 0 unspecified atom stereocenters. The van der Waals surface area contributed by atoms with Crippen molar-refractivity contribution in [2.45, 2.75) is 13.0 Å². The number of rotatable bonds is 8. The van der Waals surface area contributed by atoms with Crippen LogP contribution in [0.1, 0.15) is 16.7 Å². The third-order valence-corrected chi connectivity index (χ3v) is 5.72. The number of pyridine rings is 1. The summed E-state index contributed by atoms with van der Waals surface area (Å²) in [6, 6.07) is 22.1. The van der Waals surface area contributed by atoms with Crippen LogP contribution in [0.4, 0.5) is 5.82 Å². The molecule has 2 heterocycles. The minimum atomic E-state index is -0.146. The second-order valence-electron chi connectivity index (χ2n) is 8.11. The van der Waals surface area contributed by atoms with Crippen molar-refractivity contribution in [3.8, 4) is 5.75 Å². The summed E-state index contributed by atoms with van der Waals surface area (Å²) in [7, 11) is 2.13. The summed E-state index contributed by atoms with van der Waals surface area (Å²) in [5.74, 6) is 1.55. The van der Waals surface area contributed by atoms with Crippen LogP contribution in [-0.4, -0.2) is 55.6 Å². The fraction of sp³-hybridized carbons (Fsp3) is 0.308. The van der Waals surface area contributed by atoms with E-state index >= 15 is 0 Å². The Hall–Kier alpha value is -3.38. The van der Waals surface area contributed by atoms with Crippen LogP contribution in [0.3, 0.4) is 0 Å². The number of para-hydroxylation sites is 1. The molecule has 6 nitrogen and oxygen atoms in total. The number of carbonyl (C=O) groups is 1. The van der Waals surface area contributed by atoms with Crippen molar-refractivity contribution in [1.82, 2.24) is 15.2 Å². The molecule has 0 radical (unpaired) electrons. The minimum absolute atomic E-state index is 0.0179. The molecule has 166 valence electrons. The molecule has 1 fully saturated rings. The topological polar surface area (TPSA) is 57.7 Å².